The summed E-state index contributed by atoms with van der Waals surface area (Å²) in [5.41, 5.74) is 7.06. The summed E-state index contributed by atoms with van der Waals surface area (Å²) >= 11 is 0. The summed E-state index contributed by atoms with van der Waals surface area (Å²) < 4.78 is 0. The van der Waals surface area contributed by atoms with Crippen molar-refractivity contribution >= 4 is 10.9 Å². The fraction of sp³-hybridized carbons (Fsp3) is 0.200. The molecule has 1 aromatic carbocycles. The van der Waals surface area contributed by atoms with Crippen molar-refractivity contribution in [3.05, 3.63) is 36.0 Å². The van der Waals surface area contributed by atoms with Gasteiger partial charge in [-0.15, -0.1) is 0 Å². The zero-order chi connectivity index (χ0) is 8.97. The lowest BCUT2D eigenvalue weighted by Crippen LogP contribution is -1.72. The van der Waals surface area contributed by atoms with Gasteiger partial charge in [-0.3, -0.25) is 0 Å². The molecular formula is C10H14N2. The smallest absolute Gasteiger partial charge is 0.0483 e. The third-order valence-electron chi connectivity index (χ3n) is 1.80. The van der Waals surface area contributed by atoms with Crippen LogP contribution in [-0.4, -0.2) is 12.0 Å². The Kier molecular flexibility index (Phi) is 2.88. The van der Waals surface area contributed by atoms with Gasteiger partial charge in [-0.05, 0) is 31.0 Å². The van der Waals surface area contributed by atoms with E-state index < -0.39 is 0 Å². The second-order valence-corrected chi connectivity index (χ2v) is 2.52. The zero-order valence-corrected chi connectivity index (χ0v) is 7.46. The number of benzene rings is 1. The molecular weight excluding hydrogens is 148 g/mol. The lowest BCUT2D eigenvalue weighted by molar-refractivity contribution is 1.42. The number of hydrogen-bond acceptors (Lipinski definition) is 1. The number of aryl methyl sites for hydroxylation is 1. The van der Waals surface area contributed by atoms with Gasteiger partial charge in [-0.25, -0.2) is 0 Å². The SMILES string of the molecule is CN.Cc1cccc2cc[nH]c12. The molecule has 0 aliphatic carbocycles. The predicted molar refractivity (Wildman–Crippen MR) is 53.1 cm³/mol. The molecule has 0 bridgehead atoms. The Bertz CT molecular complexity index is 349. The van der Waals surface area contributed by atoms with Crippen LogP contribution in [0.5, 0.6) is 0 Å². The van der Waals surface area contributed by atoms with Crippen molar-refractivity contribution in [1.29, 1.82) is 0 Å². The Morgan fingerprint density at radius 1 is 1.17 bits per heavy atom. The minimum Gasteiger partial charge on any atom is -0.361 e. The second kappa shape index (κ2) is 3.93. The van der Waals surface area contributed by atoms with Crippen LogP contribution < -0.4 is 5.73 Å². The molecule has 2 aromatic rings. The summed E-state index contributed by atoms with van der Waals surface area (Å²) in [4.78, 5) is 3.19. The average molecular weight is 162 g/mol. The number of para-hydroxylation sites is 1. The van der Waals surface area contributed by atoms with Crippen LogP contribution in [0.4, 0.5) is 0 Å². The number of nitrogens with two attached hydrogens (primary N) is 1. The first-order chi connectivity index (χ1) is 5.88. The van der Waals surface area contributed by atoms with E-state index in [-0.39, 0.29) is 0 Å². The Morgan fingerprint density at radius 3 is 2.58 bits per heavy atom. The standard InChI is InChI=1S/C9H9N.CH5N/c1-7-3-2-4-8-5-6-10-9(7)8;1-2/h2-6,10H,1H3;2H2,1H3. The molecule has 1 heterocycles. The first-order valence-corrected chi connectivity index (χ1v) is 3.98. The van der Waals surface area contributed by atoms with Gasteiger partial charge in [0.05, 0.1) is 0 Å². The van der Waals surface area contributed by atoms with E-state index in [9.17, 15) is 0 Å². The fourth-order valence-electron chi connectivity index (χ4n) is 1.24. The van der Waals surface area contributed by atoms with Crippen molar-refractivity contribution in [3.8, 4) is 0 Å². The number of H-pyrrole nitrogens is 1. The lowest BCUT2D eigenvalue weighted by Gasteiger charge is -1.92. The molecule has 0 spiro atoms. The van der Waals surface area contributed by atoms with E-state index in [1.807, 2.05) is 6.20 Å². The highest BCUT2D eigenvalue weighted by Crippen LogP contribution is 2.14. The number of fused-ring (bicyclic) bond motifs is 1. The third kappa shape index (κ3) is 1.48. The number of hydrogen-bond donors (Lipinski definition) is 2. The monoisotopic (exact) mass is 162 g/mol. The molecule has 0 unspecified atom stereocenters. The molecule has 12 heavy (non-hydrogen) atoms. The average Bonchev–Trinajstić information content (AvgIpc) is 2.57. The minimum absolute atomic E-state index is 1.25. The predicted octanol–water partition coefficient (Wildman–Crippen LogP) is 2.05. The maximum atomic E-state index is 4.50. The van der Waals surface area contributed by atoms with Crippen LogP contribution >= 0.6 is 0 Å². The zero-order valence-electron chi connectivity index (χ0n) is 7.46. The summed E-state index contributed by atoms with van der Waals surface area (Å²) in [7, 11) is 1.50. The Hall–Kier alpha value is -1.28. The molecule has 2 heteroatoms. The van der Waals surface area contributed by atoms with Gasteiger partial charge in [-0.1, -0.05) is 18.2 Å². The number of rotatable bonds is 0. The highest BCUT2D eigenvalue weighted by Gasteiger charge is 1.93. The van der Waals surface area contributed by atoms with Crippen LogP contribution in [0, 0.1) is 6.92 Å². The van der Waals surface area contributed by atoms with Gasteiger partial charge in [0, 0.05) is 11.7 Å². The van der Waals surface area contributed by atoms with Gasteiger partial charge in [0.25, 0.3) is 0 Å². The van der Waals surface area contributed by atoms with E-state index >= 15 is 0 Å². The van der Waals surface area contributed by atoms with Crippen molar-refractivity contribution in [1.82, 2.24) is 4.98 Å². The van der Waals surface area contributed by atoms with Crippen molar-refractivity contribution in [2.75, 3.05) is 7.05 Å². The molecule has 64 valence electrons. The van der Waals surface area contributed by atoms with E-state index in [0.29, 0.717) is 0 Å². The normalized spacial score (nSPS) is 9.25. The molecule has 0 amide bonds. The molecule has 1 aromatic heterocycles. The van der Waals surface area contributed by atoms with Crippen LogP contribution in [-0.2, 0) is 0 Å². The highest BCUT2D eigenvalue weighted by molar-refractivity contribution is 5.82. The number of aromatic amines is 1. The third-order valence-corrected chi connectivity index (χ3v) is 1.80. The van der Waals surface area contributed by atoms with E-state index in [1.165, 1.54) is 23.5 Å². The van der Waals surface area contributed by atoms with E-state index in [1.54, 1.807) is 0 Å². The maximum absolute atomic E-state index is 4.50. The summed E-state index contributed by atoms with van der Waals surface area (Å²) in [6, 6.07) is 8.38. The van der Waals surface area contributed by atoms with Crippen molar-refractivity contribution in [3.63, 3.8) is 0 Å². The molecule has 0 aliphatic heterocycles. The Balaban J connectivity index is 0.000000336. The van der Waals surface area contributed by atoms with E-state index in [4.69, 9.17) is 0 Å². The number of nitrogens with one attached hydrogen (secondary N) is 1. The molecule has 2 rings (SSSR count). The minimum atomic E-state index is 1.25. The first-order valence-electron chi connectivity index (χ1n) is 3.98. The topological polar surface area (TPSA) is 41.8 Å². The summed E-state index contributed by atoms with van der Waals surface area (Å²) in [6.07, 6.45) is 1.97. The second-order valence-electron chi connectivity index (χ2n) is 2.52. The van der Waals surface area contributed by atoms with Crippen LogP contribution in [0.25, 0.3) is 10.9 Å². The van der Waals surface area contributed by atoms with Gasteiger partial charge in [0.1, 0.15) is 0 Å². The first kappa shape index (κ1) is 8.81. The van der Waals surface area contributed by atoms with Gasteiger partial charge in [-0.2, -0.15) is 0 Å². The highest BCUT2D eigenvalue weighted by atomic mass is 14.7. The molecule has 0 atom stereocenters. The Morgan fingerprint density at radius 2 is 1.92 bits per heavy atom. The Labute approximate surface area is 72.4 Å². The van der Waals surface area contributed by atoms with Crippen molar-refractivity contribution in [2.45, 2.75) is 6.92 Å². The molecule has 0 saturated heterocycles. The molecule has 3 N–H and O–H groups in total. The van der Waals surface area contributed by atoms with Gasteiger partial charge in [0.15, 0.2) is 0 Å². The van der Waals surface area contributed by atoms with Crippen molar-refractivity contribution < 1.29 is 0 Å². The van der Waals surface area contributed by atoms with E-state index in [0.717, 1.165) is 0 Å². The molecule has 0 aliphatic rings. The van der Waals surface area contributed by atoms with E-state index in [2.05, 4.69) is 41.9 Å². The van der Waals surface area contributed by atoms with Crippen LogP contribution in [0.1, 0.15) is 5.56 Å². The largest absolute Gasteiger partial charge is 0.361 e. The molecule has 0 radical (unpaired) electrons. The summed E-state index contributed by atoms with van der Waals surface area (Å²) in [5.74, 6) is 0. The van der Waals surface area contributed by atoms with Gasteiger partial charge in [0.2, 0.25) is 0 Å². The summed E-state index contributed by atoms with van der Waals surface area (Å²) in [6.45, 7) is 2.11. The quantitative estimate of drug-likeness (QED) is 0.611. The fourth-order valence-corrected chi connectivity index (χ4v) is 1.24. The van der Waals surface area contributed by atoms with Crippen molar-refractivity contribution in [2.24, 2.45) is 5.73 Å². The number of aromatic nitrogens is 1. The molecule has 0 fully saturated rings. The van der Waals surface area contributed by atoms with Crippen LogP contribution in [0.15, 0.2) is 30.5 Å². The molecule has 0 saturated carbocycles. The van der Waals surface area contributed by atoms with Crippen LogP contribution in [0.2, 0.25) is 0 Å². The van der Waals surface area contributed by atoms with Crippen LogP contribution in [0.3, 0.4) is 0 Å². The van der Waals surface area contributed by atoms with Gasteiger partial charge >= 0.3 is 0 Å². The van der Waals surface area contributed by atoms with Gasteiger partial charge < -0.3 is 10.7 Å². The lowest BCUT2D eigenvalue weighted by atomic mass is 10.2. The maximum Gasteiger partial charge on any atom is 0.0483 e. The molecule has 2 nitrogen and oxygen atoms in total. The summed E-state index contributed by atoms with van der Waals surface area (Å²) in [5, 5.41) is 1.29.